The third-order valence-electron chi connectivity index (χ3n) is 7.37. The molecule has 2 unspecified atom stereocenters. The van der Waals surface area contributed by atoms with E-state index in [1.807, 2.05) is 6.56 Å². The summed E-state index contributed by atoms with van der Waals surface area (Å²) in [7, 11) is -0.995. The zero-order valence-corrected chi connectivity index (χ0v) is 21.2. The van der Waals surface area contributed by atoms with Gasteiger partial charge in [0.05, 0.1) is 0 Å². The van der Waals surface area contributed by atoms with E-state index in [-0.39, 0.29) is 0 Å². The summed E-state index contributed by atoms with van der Waals surface area (Å²) in [6.45, 7) is 19.5. The molecule has 0 radical (unpaired) electrons. The average molecular weight is 449 g/mol. The van der Waals surface area contributed by atoms with E-state index in [0.29, 0.717) is 0 Å². The molecule has 0 aromatic heterocycles. The van der Waals surface area contributed by atoms with Crippen molar-refractivity contribution >= 4 is 10.6 Å². The Bertz CT molecular complexity index is 618. The summed E-state index contributed by atoms with van der Waals surface area (Å²) in [5.74, 6) is 1.54. The van der Waals surface area contributed by atoms with E-state index in [2.05, 4.69) is 55.4 Å². The van der Waals surface area contributed by atoms with Crippen LogP contribution in [0, 0.1) is 11.8 Å². The molecule has 1 saturated heterocycles. The van der Waals surface area contributed by atoms with Crippen molar-refractivity contribution in [1.29, 1.82) is 0 Å². The van der Waals surface area contributed by atoms with E-state index >= 15 is 0 Å². The van der Waals surface area contributed by atoms with Crippen molar-refractivity contribution in [2.45, 2.75) is 72.3 Å². The Labute approximate surface area is 153 Å². The minimum atomic E-state index is -1.59. The minimum absolute atomic E-state index is 0.768. The molecule has 0 bridgehead atoms. The van der Waals surface area contributed by atoms with Crippen molar-refractivity contribution < 1.29 is 19.2 Å². The molecule has 3 rings (SSSR count). The Kier molecular flexibility index (Phi) is 5.22. The number of hydrogen-bond acceptors (Lipinski definition) is 0. The summed E-state index contributed by atoms with van der Waals surface area (Å²) in [5.41, 5.74) is 10.1. The van der Waals surface area contributed by atoms with Gasteiger partial charge in [-0.1, -0.05) is 0 Å². The van der Waals surface area contributed by atoms with Crippen molar-refractivity contribution in [3.05, 3.63) is 40.0 Å². The molecule has 1 fully saturated rings. The van der Waals surface area contributed by atoms with Gasteiger partial charge in [-0.2, -0.15) is 0 Å². The van der Waals surface area contributed by atoms with Crippen LogP contribution in [0.25, 0.3) is 0 Å². The van der Waals surface area contributed by atoms with Crippen molar-refractivity contribution in [3.63, 3.8) is 0 Å². The van der Waals surface area contributed by atoms with Crippen molar-refractivity contribution in [2.24, 2.45) is 11.8 Å². The molecule has 0 aromatic carbocycles. The van der Waals surface area contributed by atoms with Crippen LogP contribution >= 0.6 is 0 Å². The van der Waals surface area contributed by atoms with Crippen LogP contribution in [0.5, 0.6) is 0 Å². The summed E-state index contributed by atoms with van der Waals surface area (Å²) >= 11 is -1.59. The molecule has 3 aliphatic rings. The van der Waals surface area contributed by atoms with Gasteiger partial charge in [0.1, 0.15) is 0 Å². The SMILES string of the molecule is CC1=C(C)C(C)[C]([Zr]([C]2=C(C)C(C)=C(C)C2C)[GeH]2[CH2]C[CH2]2)=C1C. The monoisotopic (exact) mass is 449 g/mol. The first-order valence-electron chi connectivity index (χ1n) is 9.41. The summed E-state index contributed by atoms with van der Waals surface area (Å²) in [5, 5.41) is 3.40. The number of allylic oxidation sites excluding steroid dienone is 8. The van der Waals surface area contributed by atoms with Gasteiger partial charge in [0, 0.05) is 0 Å². The summed E-state index contributed by atoms with van der Waals surface area (Å²) in [6, 6.07) is 0. The fourth-order valence-electron chi connectivity index (χ4n) is 4.88. The van der Waals surface area contributed by atoms with Crippen LogP contribution in [0.4, 0.5) is 0 Å². The molecule has 1 aliphatic heterocycles. The van der Waals surface area contributed by atoms with Crippen LogP contribution in [0.2, 0.25) is 10.5 Å². The van der Waals surface area contributed by atoms with E-state index < -0.39 is 29.8 Å². The Hall–Kier alpha value is 0.386. The second-order valence-electron chi connectivity index (χ2n) is 8.18. The molecule has 2 heteroatoms. The molecular formula is C21H33GeZr. The van der Waals surface area contributed by atoms with Gasteiger partial charge in [-0.25, -0.2) is 0 Å². The molecule has 2 atom stereocenters. The predicted molar refractivity (Wildman–Crippen MR) is 102 cm³/mol. The quantitative estimate of drug-likeness (QED) is 0.447. The van der Waals surface area contributed by atoms with Crippen LogP contribution in [0.3, 0.4) is 0 Å². The van der Waals surface area contributed by atoms with Crippen LogP contribution in [-0.4, -0.2) is 10.6 Å². The number of hydrogen-bond donors (Lipinski definition) is 0. The second-order valence-corrected chi connectivity index (χ2v) is 35.8. The van der Waals surface area contributed by atoms with Gasteiger partial charge in [0.25, 0.3) is 0 Å². The van der Waals surface area contributed by atoms with Crippen molar-refractivity contribution in [3.8, 4) is 0 Å². The fourth-order valence-corrected chi connectivity index (χ4v) is 52.0. The first kappa shape index (κ1) is 18.2. The molecule has 0 nitrogen and oxygen atoms in total. The van der Waals surface area contributed by atoms with Crippen LogP contribution < -0.4 is 0 Å². The Balaban J connectivity index is 2.09. The summed E-state index contributed by atoms with van der Waals surface area (Å²) in [6.07, 6.45) is 1.56. The molecule has 0 aromatic rings. The third-order valence-corrected chi connectivity index (χ3v) is 46.1. The molecule has 1 heterocycles. The molecule has 23 heavy (non-hydrogen) atoms. The first-order valence-corrected chi connectivity index (χ1v) is 23.9. The van der Waals surface area contributed by atoms with Crippen molar-refractivity contribution in [2.75, 3.05) is 0 Å². The average Bonchev–Trinajstić information content (AvgIpc) is 2.77. The molecule has 0 N–H and O–H groups in total. The van der Waals surface area contributed by atoms with Gasteiger partial charge < -0.3 is 0 Å². The molecule has 125 valence electrons. The van der Waals surface area contributed by atoms with Crippen LogP contribution in [-0.2, 0) is 19.2 Å². The molecule has 0 amide bonds. The fraction of sp³-hybridized carbons (Fsp3) is 0.619. The summed E-state index contributed by atoms with van der Waals surface area (Å²) < 4.78 is 4.08. The molecule has 2 aliphatic carbocycles. The van der Waals surface area contributed by atoms with Gasteiger partial charge >= 0.3 is 154 Å². The zero-order valence-electron chi connectivity index (χ0n) is 16.4. The van der Waals surface area contributed by atoms with Crippen molar-refractivity contribution in [1.82, 2.24) is 0 Å². The van der Waals surface area contributed by atoms with Gasteiger partial charge in [-0.05, 0) is 0 Å². The van der Waals surface area contributed by atoms with E-state index in [1.54, 1.807) is 50.4 Å². The Morgan fingerprint density at radius 1 is 0.696 bits per heavy atom. The van der Waals surface area contributed by atoms with Crippen LogP contribution in [0.1, 0.15) is 61.8 Å². The van der Waals surface area contributed by atoms with E-state index in [4.69, 9.17) is 0 Å². The maximum atomic E-state index is 2.52. The first-order chi connectivity index (χ1) is 10.8. The van der Waals surface area contributed by atoms with E-state index in [0.717, 1.165) is 11.8 Å². The van der Waals surface area contributed by atoms with Gasteiger partial charge in [0.15, 0.2) is 0 Å². The standard InChI is InChI=1S/2C9H13.C3H7Ge.Zr/c2*1-6-5-7(2)9(4)8(6)3;1-2-4-3-1;/h2*6H,1-4H3;4H,1-3H2;. The second kappa shape index (κ2) is 6.60. The Morgan fingerprint density at radius 3 is 1.30 bits per heavy atom. The topological polar surface area (TPSA) is 0 Å². The third kappa shape index (κ3) is 2.73. The normalized spacial score (nSPS) is 29.2. The molecular weight excluding hydrogens is 416 g/mol. The zero-order chi connectivity index (χ0) is 17.0. The predicted octanol–water partition coefficient (Wildman–Crippen LogP) is 6.25. The Morgan fingerprint density at radius 2 is 1.09 bits per heavy atom. The van der Waals surface area contributed by atoms with E-state index in [9.17, 15) is 0 Å². The summed E-state index contributed by atoms with van der Waals surface area (Å²) in [4.78, 5) is 0. The van der Waals surface area contributed by atoms with Gasteiger partial charge in [-0.15, -0.1) is 0 Å². The van der Waals surface area contributed by atoms with E-state index in [1.165, 1.54) is 0 Å². The van der Waals surface area contributed by atoms with Crippen LogP contribution in [0.15, 0.2) is 40.0 Å². The van der Waals surface area contributed by atoms with Gasteiger partial charge in [-0.3, -0.25) is 0 Å². The number of rotatable bonds is 3. The molecule has 0 saturated carbocycles. The molecule has 0 spiro atoms. The maximum absolute atomic E-state index is 2.52. The van der Waals surface area contributed by atoms with Gasteiger partial charge in [0.2, 0.25) is 0 Å².